The second-order valence-corrected chi connectivity index (χ2v) is 5.77. The molecule has 3 heterocycles. The number of aldehydes is 1. The van der Waals surface area contributed by atoms with Gasteiger partial charge in [0.05, 0.1) is 0 Å². The van der Waals surface area contributed by atoms with Crippen LogP contribution in [0.3, 0.4) is 0 Å². The first-order chi connectivity index (χ1) is 8.31. The zero-order valence-corrected chi connectivity index (χ0v) is 10.9. The van der Waals surface area contributed by atoms with Gasteiger partial charge in [0.25, 0.3) is 0 Å². The zero-order chi connectivity index (χ0) is 13.1. The number of hydrogen-bond donors (Lipinski definition) is 0. The summed E-state index contributed by atoms with van der Waals surface area (Å²) in [5.74, 6) is -1.49. The summed E-state index contributed by atoms with van der Waals surface area (Å²) < 4.78 is 28.5. The summed E-state index contributed by atoms with van der Waals surface area (Å²) in [4.78, 5) is 11.1. The van der Waals surface area contributed by atoms with Crippen molar-refractivity contribution in [2.75, 3.05) is 0 Å². The van der Waals surface area contributed by atoms with Gasteiger partial charge in [-0.15, -0.1) is 0 Å². The highest BCUT2D eigenvalue weighted by atomic mass is 16.9. The second kappa shape index (κ2) is 3.74. The van der Waals surface area contributed by atoms with Gasteiger partial charge >= 0.3 is 0 Å². The smallest absolute Gasteiger partial charge is 0.190 e. The van der Waals surface area contributed by atoms with Gasteiger partial charge in [-0.2, -0.15) is 0 Å². The first kappa shape index (κ1) is 12.5. The maximum Gasteiger partial charge on any atom is 0.190 e. The third kappa shape index (κ3) is 1.88. The first-order valence-electron chi connectivity index (χ1n) is 6.13. The molecule has 102 valence electrons. The van der Waals surface area contributed by atoms with Gasteiger partial charge in [0.15, 0.2) is 24.2 Å². The lowest BCUT2D eigenvalue weighted by Crippen LogP contribution is -2.55. The van der Waals surface area contributed by atoms with E-state index in [-0.39, 0.29) is 12.2 Å². The van der Waals surface area contributed by atoms with Crippen LogP contribution in [-0.4, -0.2) is 48.6 Å². The van der Waals surface area contributed by atoms with Crippen molar-refractivity contribution >= 4 is 6.29 Å². The topological polar surface area (TPSA) is 63.2 Å². The predicted octanol–water partition coefficient (Wildman–Crippen LogP) is 0.582. The zero-order valence-electron chi connectivity index (χ0n) is 10.9. The van der Waals surface area contributed by atoms with Crippen molar-refractivity contribution in [3.63, 3.8) is 0 Å². The minimum atomic E-state index is -0.745. The Hall–Kier alpha value is -0.530. The average molecular weight is 258 g/mol. The first-order valence-corrected chi connectivity index (χ1v) is 6.13. The Bertz CT molecular complexity index is 366. The molecule has 5 atom stereocenters. The highest BCUT2D eigenvalue weighted by Crippen LogP contribution is 2.43. The number of hydrogen-bond acceptors (Lipinski definition) is 6. The summed E-state index contributed by atoms with van der Waals surface area (Å²) in [7, 11) is 0. The molecule has 3 aliphatic rings. The predicted molar refractivity (Wildman–Crippen MR) is 58.6 cm³/mol. The van der Waals surface area contributed by atoms with Crippen LogP contribution < -0.4 is 0 Å². The number of ether oxygens (including phenoxy) is 5. The van der Waals surface area contributed by atoms with E-state index in [0.717, 1.165) is 6.29 Å². The molecule has 0 N–H and O–H groups in total. The van der Waals surface area contributed by atoms with Crippen molar-refractivity contribution in [3.8, 4) is 0 Å². The molecular weight excluding hydrogens is 240 g/mol. The third-order valence-corrected chi connectivity index (χ3v) is 3.32. The average Bonchev–Trinajstić information content (AvgIpc) is 2.71. The Morgan fingerprint density at radius 3 is 2.06 bits per heavy atom. The summed E-state index contributed by atoms with van der Waals surface area (Å²) in [6.07, 6.45) is -1.72. The van der Waals surface area contributed by atoms with Gasteiger partial charge in [-0.05, 0) is 27.7 Å². The molecule has 0 aromatic heterocycles. The molecule has 0 aliphatic carbocycles. The van der Waals surface area contributed by atoms with Gasteiger partial charge in [0.1, 0.15) is 24.4 Å². The van der Waals surface area contributed by atoms with Crippen LogP contribution in [-0.2, 0) is 28.5 Å². The molecule has 0 bridgehead atoms. The molecule has 6 heteroatoms. The molecule has 3 saturated heterocycles. The summed E-state index contributed by atoms with van der Waals surface area (Å²) in [5, 5.41) is 0. The van der Waals surface area contributed by atoms with E-state index >= 15 is 0 Å². The van der Waals surface area contributed by atoms with Gasteiger partial charge in [-0.25, -0.2) is 0 Å². The quantitative estimate of drug-likeness (QED) is 0.641. The molecule has 0 aromatic carbocycles. The molecule has 0 amide bonds. The fourth-order valence-electron chi connectivity index (χ4n) is 2.75. The minimum absolute atomic E-state index is 0.351. The molecule has 0 spiro atoms. The van der Waals surface area contributed by atoms with Gasteiger partial charge in [0, 0.05) is 0 Å². The molecule has 0 radical (unpaired) electrons. The Labute approximate surface area is 105 Å². The summed E-state index contributed by atoms with van der Waals surface area (Å²) >= 11 is 0. The van der Waals surface area contributed by atoms with E-state index in [0.29, 0.717) is 0 Å². The van der Waals surface area contributed by atoms with Crippen LogP contribution in [0.4, 0.5) is 0 Å². The fraction of sp³-hybridized carbons (Fsp3) is 0.917. The normalized spacial score (nSPS) is 48.6. The molecule has 3 unspecified atom stereocenters. The van der Waals surface area contributed by atoms with Crippen molar-refractivity contribution in [1.82, 2.24) is 0 Å². The Balaban J connectivity index is 1.89. The summed E-state index contributed by atoms with van der Waals surface area (Å²) in [6.45, 7) is 7.23. The Kier molecular flexibility index (Phi) is 2.60. The second-order valence-electron chi connectivity index (χ2n) is 5.77. The molecule has 3 fully saturated rings. The van der Waals surface area contributed by atoms with Crippen LogP contribution in [0.1, 0.15) is 27.7 Å². The van der Waals surface area contributed by atoms with E-state index < -0.39 is 30.1 Å². The molecule has 0 aromatic rings. The van der Waals surface area contributed by atoms with Crippen LogP contribution in [0, 0.1) is 0 Å². The van der Waals surface area contributed by atoms with E-state index in [1.165, 1.54) is 0 Å². The van der Waals surface area contributed by atoms with Crippen molar-refractivity contribution in [2.24, 2.45) is 0 Å². The number of rotatable bonds is 1. The number of fused-ring (bicyclic) bond motifs is 3. The molecule has 6 nitrogen and oxygen atoms in total. The van der Waals surface area contributed by atoms with Crippen LogP contribution in [0.2, 0.25) is 0 Å². The maximum atomic E-state index is 11.1. The van der Waals surface area contributed by atoms with E-state index in [1.54, 1.807) is 13.8 Å². The maximum absolute atomic E-state index is 11.1. The lowest BCUT2D eigenvalue weighted by molar-refractivity contribution is -0.226. The monoisotopic (exact) mass is 258 g/mol. The highest BCUT2D eigenvalue weighted by Gasteiger charge is 2.60. The van der Waals surface area contributed by atoms with Crippen LogP contribution in [0.15, 0.2) is 0 Å². The molecular formula is C12H18O6. The van der Waals surface area contributed by atoms with Crippen molar-refractivity contribution in [1.29, 1.82) is 0 Å². The van der Waals surface area contributed by atoms with Gasteiger partial charge in [-0.1, -0.05) is 0 Å². The van der Waals surface area contributed by atoms with Crippen molar-refractivity contribution < 1.29 is 28.5 Å². The Morgan fingerprint density at radius 2 is 1.39 bits per heavy atom. The van der Waals surface area contributed by atoms with E-state index in [2.05, 4.69) is 0 Å². The SMILES string of the molecule is CC1(C)OC2[C@H](OC(C=O)C3OC(C)(C)O[C@@H]32)O1. The van der Waals surface area contributed by atoms with Gasteiger partial charge in [-0.3, -0.25) is 0 Å². The van der Waals surface area contributed by atoms with Crippen LogP contribution >= 0.6 is 0 Å². The largest absolute Gasteiger partial charge is 0.342 e. The van der Waals surface area contributed by atoms with Gasteiger partial charge in [0.2, 0.25) is 0 Å². The minimum Gasteiger partial charge on any atom is -0.342 e. The van der Waals surface area contributed by atoms with E-state index in [4.69, 9.17) is 23.7 Å². The van der Waals surface area contributed by atoms with Gasteiger partial charge < -0.3 is 28.5 Å². The standard InChI is InChI=1S/C12H18O6/c1-11(2)15-7-6(5-13)14-10-9(8(7)16-11)17-12(3,4)18-10/h5-10H,1-4H3/t6?,7?,8-,9?,10+/m0/s1. The number of carbonyl (C=O) groups excluding carboxylic acids is 1. The van der Waals surface area contributed by atoms with Crippen LogP contribution in [0.25, 0.3) is 0 Å². The van der Waals surface area contributed by atoms with E-state index in [1.807, 2.05) is 13.8 Å². The molecule has 3 aliphatic heterocycles. The summed E-state index contributed by atoms with van der Waals surface area (Å²) in [5.41, 5.74) is 0. The third-order valence-electron chi connectivity index (χ3n) is 3.32. The molecule has 18 heavy (non-hydrogen) atoms. The highest BCUT2D eigenvalue weighted by molar-refractivity contribution is 5.58. The van der Waals surface area contributed by atoms with Crippen molar-refractivity contribution in [2.45, 2.75) is 70.0 Å². The summed E-state index contributed by atoms with van der Waals surface area (Å²) in [6, 6.07) is 0. The number of carbonyl (C=O) groups is 1. The molecule has 3 rings (SSSR count). The van der Waals surface area contributed by atoms with Crippen LogP contribution in [0.5, 0.6) is 0 Å². The fourth-order valence-corrected chi connectivity index (χ4v) is 2.75. The molecule has 0 saturated carbocycles. The lowest BCUT2D eigenvalue weighted by atomic mass is 10.00. The lowest BCUT2D eigenvalue weighted by Gasteiger charge is -2.34. The Morgan fingerprint density at radius 1 is 0.833 bits per heavy atom. The van der Waals surface area contributed by atoms with E-state index in [9.17, 15) is 4.79 Å². The van der Waals surface area contributed by atoms with Crippen molar-refractivity contribution in [3.05, 3.63) is 0 Å².